The highest BCUT2D eigenvalue weighted by atomic mass is 32.2. The number of halogens is 4. The normalized spacial score (nSPS) is 11.8. The zero-order chi connectivity index (χ0) is 22.3. The van der Waals surface area contributed by atoms with Gasteiger partial charge in [-0.05, 0) is 42.8 Å². The van der Waals surface area contributed by atoms with E-state index >= 15 is 0 Å². The first-order chi connectivity index (χ1) is 14.1. The second kappa shape index (κ2) is 10.1. The second-order valence-corrected chi connectivity index (χ2v) is 7.53. The lowest BCUT2D eigenvalue weighted by Gasteiger charge is -2.12. The van der Waals surface area contributed by atoms with Crippen molar-refractivity contribution >= 4 is 27.5 Å². The Morgan fingerprint density at radius 2 is 1.80 bits per heavy atom. The summed E-state index contributed by atoms with van der Waals surface area (Å²) in [5, 5.41) is 2.23. The van der Waals surface area contributed by atoms with E-state index in [1.54, 1.807) is 6.92 Å². The summed E-state index contributed by atoms with van der Waals surface area (Å²) in [7, 11) is -4.91. The molecule has 0 atom stereocenters. The van der Waals surface area contributed by atoms with E-state index in [0.29, 0.717) is 5.56 Å². The number of hydrogen-bond acceptors (Lipinski definition) is 5. The number of benzene rings is 2. The van der Waals surface area contributed by atoms with E-state index in [-0.39, 0.29) is 23.8 Å². The first-order valence-electron chi connectivity index (χ1n) is 8.47. The average molecular weight is 447 g/mol. The predicted octanol–water partition coefficient (Wildman–Crippen LogP) is 4.33. The Bertz CT molecular complexity index is 1030. The van der Waals surface area contributed by atoms with Crippen LogP contribution in [0.1, 0.15) is 12.5 Å². The van der Waals surface area contributed by atoms with Crippen LogP contribution in [0.15, 0.2) is 53.4 Å². The van der Waals surface area contributed by atoms with Crippen LogP contribution in [0.5, 0.6) is 11.5 Å². The summed E-state index contributed by atoms with van der Waals surface area (Å²) in [5.74, 6) is -4.58. The highest BCUT2D eigenvalue weighted by Crippen LogP contribution is 2.30. The number of anilines is 1. The molecule has 2 rings (SSSR count). The maximum absolute atomic E-state index is 12.8. The molecule has 1 N–H and O–H groups in total. The number of para-hydroxylation sites is 1. The van der Waals surface area contributed by atoms with Crippen LogP contribution >= 0.6 is 0 Å². The van der Waals surface area contributed by atoms with Crippen LogP contribution in [0.3, 0.4) is 0 Å². The number of carbonyl (C=O) groups excluding carboxylic acids is 1. The average Bonchev–Trinajstić information content (AvgIpc) is 2.68. The molecule has 0 saturated carbocycles. The van der Waals surface area contributed by atoms with Crippen molar-refractivity contribution in [3.63, 3.8) is 0 Å². The quantitative estimate of drug-likeness (QED) is 0.457. The Kier molecular flexibility index (Phi) is 7.81. The van der Waals surface area contributed by atoms with E-state index in [1.807, 2.05) is 0 Å². The van der Waals surface area contributed by atoms with Crippen molar-refractivity contribution in [1.29, 1.82) is 0 Å². The second-order valence-electron chi connectivity index (χ2n) is 5.64. The van der Waals surface area contributed by atoms with Gasteiger partial charge in [-0.2, -0.15) is 17.6 Å². The van der Waals surface area contributed by atoms with E-state index in [4.69, 9.17) is 4.74 Å². The Labute approximate surface area is 170 Å². The predicted molar refractivity (Wildman–Crippen MR) is 102 cm³/mol. The summed E-state index contributed by atoms with van der Waals surface area (Å²) in [4.78, 5) is 11.4. The van der Waals surface area contributed by atoms with E-state index in [9.17, 15) is 30.8 Å². The minimum Gasteiger partial charge on any atom is -0.490 e. The van der Waals surface area contributed by atoms with Crippen LogP contribution in [-0.2, 0) is 14.6 Å². The van der Waals surface area contributed by atoms with Gasteiger partial charge in [0.1, 0.15) is 0 Å². The lowest BCUT2D eigenvalue weighted by molar-refractivity contribution is -0.111. The van der Waals surface area contributed by atoms with Gasteiger partial charge in [-0.15, -0.1) is 0 Å². The number of nitrogens with one attached hydrogen (secondary N) is 1. The van der Waals surface area contributed by atoms with Gasteiger partial charge in [0.05, 0.1) is 17.2 Å². The van der Waals surface area contributed by atoms with Gasteiger partial charge in [-0.3, -0.25) is 4.79 Å². The third-order valence-corrected chi connectivity index (χ3v) is 5.04. The topological polar surface area (TPSA) is 81.7 Å². The number of carbonyl (C=O) groups is 1. The van der Waals surface area contributed by atoms with Gasteiger partial charge >= 0.3 is 12.4 Å². The number of hydrogen-bond donors (Lipinski definition) is 1. The molecule has 0 bridgehead atoms. The largest absolute Gasteiger partial charge is 0.490 e. The zero-order valence-corrected chi connectivity index (χ0v) is 16.3. The third kappa shape index (κ3) is 5.96. The molecule has 11 heteroatoms. The summed E-state index contributed by atoms with van der Waals surface area (Å²) < 4.78 is 83.5. The maximum Gasteiger partial charge on any atom is 0.387 e. The lowest BCUT2D eigenvalue weighted by atomic mass is 10.2. The summed E-state index contributed by atoms with van der Waals surface area (Å²) in [6.45, 7) is -1.21. The fraction of sp³-hybridized carbons (Fsp3) is 0.211. The van der Waals surface area contributed by atoms with Gasteiger partial charge in [-0.25, -0.2) is 8.42 Å². The van der Waals surface area contributed by atoms with E-state index < -0.39 is 33.0 Å². The molecule has 0 fully saturated rings. The van der Waals surface area contributed by atoms with Crippen LogP contribution in [-0.4, -0.2) is 33.3 Å². The molecule has 2 aromatic carbocycles. The molecular weight excluding hydrogens is 430 g/mol. The SMILES string of the molecule is CCOc1cc(/C=C/C(=O)Nc2ccccc2S(=O)(=O)C(F)F)ccc1OC(F)F. The number of alkyl halides is 4. The van der Waals surface area contributed by atoms with Crippen molar-refractivity contribution in [2.45, 2.75) is 24.2 Å². The highest BCUT2D eigenvalue weighted by molar-refractivity contribution is 7.91. The fourth-order valence-electron chi connectivity index (χ4n) is 2.35. The summed E-state index contributed by atoms with van der Waals surface area (Å²) in [6, 6.07) is 8.74. The first kappa shape index (κ1) is 23.2. The number of rotatable bonds is 9. The molecular formula is C19H17F4NO5S. The first-order valence-corrected chi connectivity index (χ1v) is 10.0. The Hall–Kier alpha value is -3.08. The molecule has 2 aromatic rings. The monoisotopic (exact) mass is 447 g/mol. The summed E-state index contributed by atoms with van der Waals surface area (Å²) >= 11 is 0. The molecule has 0 aliphatic rings. The van der Waals surface area contributed by atoms with Crippen molar-refractivity contribution < 1.29 is 40.2 Å². The smallest absolute Gasteiger partial charge is 0.387 e. The van der Waals surface area contributed by atoms with Crippen LogP contribution < -0.4 is 14.8 Å². The molecule has 30 heavy (non-hydrogen) atoms. The minimum atomic E-state index is -4.91. The number of sulfone groups is 1. The number of amides is 1. The molecule has 0 aromatic heterocycles. The van der Waals surface area contributed by atoms with Gasteiger partial charge in [0.25, 0.3) is 0 Å². The van der Waals surface area contributed by atoms with E-state index in [0.717, 1.165) is 12.1 Å². The maximum atomic E-state index is 12.8. The van der Waals surface area contributed by atoms with Crippen LogP contribution in [0.4, 0.5) is 23.2 Å². The van der Waals surface area contributed by atoms with Crippen LogP contribution in [0, 0.1) is 0 Å². The summed E-state index contributed by atoms with van der Waals surface area (Å²) in [6.07, 6.45) is 2.32. The Morgan fingerprint density at radius 1 is 1.10 bits per heavy atom. The lowest BCUT2D eigenvalue weighted by Crippen LogP contribution is -2.16. The highest BCUT2D eigenvalue weighted by Gasteiger charge is 2.29. The Morgan fingerprint density at radius 3 is 2.43 bits per heavy atom. The zero-order valence-electron chi connectivity index (χ0n) is 15.5. The minimum absolute atomic E-state index is 0.0359. The Balaban J connectivity index is 2.21. The van der Waals surface area contributed by atoms with E-state index in [1.165, 1.54) is 42.5 Å². The fourth-order valence-corrected chi connectivity index (χ4v) is 3.24. The molecule has 1 amide bonds. The van der Waals surface area contributed by atoms with Gasteiger partial charge in [-0.1, -0.05) is 18.2 Å². The van der Waals surface area contributed by atoms with Crippen molar-refractivity contribution in [2.24, 2.45) is 0 Å². The van der Waals surface area contributed by atoms with Crippen molar-refractivity contribution in [3.05, 3.63) is 54.1 Å². The van der Waals surface area contributed by atoms with E-state index in [2.05, 4.69) is 10.1 Å². The van der Waals surface area contributed by atoms with Crippen molar-refractivity contribution in [1.82, 2.24) is 0 Å². The molecule has 0 radical (unpaired) electrons. The van der Waals surface area contributed by atoms with Gasteiger partial charge < -0.3 is 14.8 Å². The number of ether oxygens (including phenoxy) is 2. The summed E-state index contributed by atoms with van der Waals surface area (Å²) in [5.41, 5.74) is 0.0897. The molecule has 162 valence electrons. The molecule has 0 aliphatic heterocycles. The van der Waals surface area contributed by atoms with Gasteiger partial charge in [0.2, 0.25) is 15.7 Å². The van der Waals surface area contributed by atoms with Crippen LogP contribution in [0.25, 0.3) is 6.08 Å². The van der Waals surface area contributed by atoms with Gasteiger partial charge in [0, 0.05) is 6.08 Å². The molecule has 0 heterocycles. The molecule has 0 unspecified atom stereocenters. The molecule has 0 aliphatic carbocycles. The van der Waals surface area contributed by atoms with Gasteiger partial charge in [0.15, 0.2) is 11.5 Å². The molecule has 6 nitrogen and oxygen atoms in total. The molecule has 0 spiro atoms. The van der Waals surface area contributed by atoms with Crippen molar-refractivity contribution in [2.75, 3.05) is 11.9 Å². The third-order valence-electron chi connectivity index (χ3n) is 3.60. The van der Waals surface area contributed by atoms with Crippen LogP contribution in [0.2, 0.25) is 0 Å². The standard InChI is InChI=1S/C19H17F4NO5S/c1-2-28-15-11-12(7-9-14(15)29-18(20)21)8-10-17(25)24-13-5-3-4-6-16(13)30(26,27)19(22)23/h3-11,18-19H,2H2,1H3,(H,24,25)/b10-8+. The van der Waals surface area contributed by atoms with Crippen molar-refractivity contribution in [3.8, 4) is 11.5 Å². The molecule has 0 saturated heterocycles.